The number of unbranched alkanes of at least 4 members (excludes halogenated alkanes) is 11. The SMILES string of the molecule is CCCCCCCC/C=C\CCCCCCCC(=O)C(=O)[C@H](O)[C@@H](O)[C@@H](O)[C@H](O)CO. The Labute approximate surface area is 187 Å². The summed E-state index contributed by atoms with van der Waals surface area (Å²) in [5.74, 6) is -2.00. The number of aliphatic hydroxyl groups excluding tert-OH is 5. The molecule has 0 aliphatic carbocycles. The van der Waals surface area contributed by atoms with Gasteiger partial charge in [0.2, 0.25) is 11.6 Å². The Hall–Kier alpha value is -1.12. The van der Waals surface area contributed by atoms with Gasteiger partial charge in [0.1, 0.15) is 24.4 Å². The Kier molecular flexibility index (Phi) is 18.9. The molecule has 0 spiro atoms. The molecule has 0 aromatic rings. The van der Waals surface area contributed by atoms with Crippen molar-refractivity contribution in [3.63, 3.8) is 0 Å². The summed E-state index contributed by atoms with van der Waals surface area (Å²) < 4.78 is 0. The van der Waals surface area contributed by atoms with Crippen LogP contribution in [0, 0.1) is 0 Å². The highest BCUT2D eigenvalue weighted by molar-refractivity contribution is 6.38. The molecule has 7 heteroatoms. The van der Waals surface area contributed by atoms with Gasteiger partial charge in [0.25, 0.3) is 0 Å². The minimum absolute atomic E-state index is 0.0284. The first-order chi connectivity index (χ1) is 14.9. The van der Waals surface area contributed by atoms with E-state index in [1.54, 1.807) is 0 Å². The fraction of sp³-hybridized carbons (Fsp3) is 0.833. The molecule has 0 amide bonds. The van der Waals surface area contributed by atoms with Gasteiger partial charge >= 0.3 is 0 Å². The molecule has 0 aromatic heterocycles. The van der Waals surface area contributed by atoms with Crippen LogP contribution in [0.5, 0.6) is 0 Å². The second kappa shape index (κ2) is 19.6. The van der Waals surface area contributed by atoms with E-state index in [0.717, 1.165) is 38.5 Å². The Morgan fingerprint density at radius 3 is 1.71 bits per heavy atom. The number of rotatable bonds is 21. The van der Waals surface area contributed by atoms with Crippen molar-refractivity contribution in [2.45, 2.75) is 121 Å². The maximum absolute atomic E-state index is 11.9. The van der Waals surface area contributed by atoms with Crippen molar-refractivity contribution in [1.29, 1.82) is 0 Å². The van der Waals surface area contributed by atoms with Crippen LogP contribution in [-0.2, 0) is 9.59 Å². The minimum atomic E-state index is -2.12. The molecule has 0 heterocycles. The summed E-state index contributed by atoms with van der Waals surface area (Å²) in [4.78, 5) is 23.7. The number of ketones is 2. The summed E-state index contributed by atoms with van der Waals surface area (Å²) in [6.45, 7) is 1.38. The van der Waals surface area contributed by atoms with Gasteiger partial charge in [-0.25, -0.2) is 0 Å². The van der Waals surface area contributed by atoms with Gasteiger partial charge in [-0.05, 0) is 32.1 Å². The topological polar surface area (TPSA) is 135 Å². The lowest BCUT2D eigenvalue weighted by molar-refractivity contribution is -0.154. The lowest BCUT2D eigenvalue weighted by Crippen LogP contribution is -2.50. The molecule has 0 rings (SSSR count). The predicted octanol–water partition coefficient (Wildman–Crippen LogP) is 2.60. The number of hydrogen-bond acceptors (Lipinski definition) is 7. The van der Waals surface area contributed by atoms with Crippen LogP contribution < -0.4 is 0 Å². The summed E-state index contributed by atoms with van der Waals surface area (Å²) in [5.41, 5.74) is 0. The van der Waals surface area contributed by atoms with Crippen molar-refractivity contribution in [3.8, 4) is 0 Å². The number of carbonyl (C=O) groups excluding carboxylic acids is 2. The second-order valence-corrected chi connectivity index (χ2v) is 8.30. The summed E-state index contributed by atoms with van der Waals surface area (Å²) in [6.07, 6.45) is 11.2. The fourth-order valence-corrected chi connectivity index (χ4v) is 3.32. The molecule has 0 saturated heterocycles. The van der Waals surface area contributed by atoms with E-state index < -0.39 is 42.6 Å². The van der Waals surface area contributed by atoms with Gasteiger partial charge in [0.15, 0.2) is 0 Å². The monoisotopic (exact) mass is 444 g/mol. The largest absolute Gasteiger partial charge is 0.394 e. The van der Waals surface area contributed by atoms with Crippen LogP contribution in [0.15, 0.2) is 12.2 Å². The van der Waals surface area contributed by atoms with Crippen molar-refractivity contribution in [2.24, 2.45) is 0 Å². The van der Waals surface area contributed by atoms with E-state index in [1.807, 2.05) is 0 Å². The number of carbonyl (C=O) groups is 2. The van der Waals surface area contributed by atoms with Crippen molar-refractivity contribution in [2.75, 3.05) is 6.61 Å². The lowest BCUT2D eigenvalue weighted by atomic mass is 9.96. The highest BCUT2D eigenvalue weighted by atomic mass is 16.4. The molecule has 0 aliphatic heterocycles. The quantitative estimate of drug-likeness (QED) is 0.104. The Morgan fingerprint density at radius 1 is 0.710 bits per heavy atom. The van der Waals surface area contributed by atoms with Crippen LogP contribution in [0.2, 0.25) is 0 Å². The van der Waals surface area contributed by atoms with E-state index in [1.165, 1.54) is 38.5 Å². The molecule has 0 bridgehead atoms. The van der Waals surface area contributed by atoms with Crippen LogP contribution in [0.1, 0.15) is 96.8 Å². The van der Waals surface area contributed by atoms with Crippen LogP contribution in [0.25, 0.3) is 0 Å². The van der Waals surface area contributed by atoms with Gasteiger partial charge in [-0.2, -0.15) is 0 Å². The third-order valence-electron chi connectivity index (χ3n) is 5.46. The normalized spacial score (nSPS) is 15.7. The highest BCUT2D eigenvalue weighted by Crippen LogP contribution is 2.12. The van der Waals surface area contributed by atoms with Crippen LogP contribution in [-0.4, -0.2) is 68.1 Å². The molecule has 31 heavy (non-hydrogen) atoms. The van der Waals surface area contributed by atoms with Crippen molar-refractivity contribution in [1.82, 2.24) is 0 Å². The first kappa shape index (κ1) is 29.9. The zero-order chi connectivity index (χ0) is 23.5. The molecule has 4 atom stereocenters. The van der Waals surface area contributed by atoms with Crippen LogP contribution in [0.3, 0.4) is 0 Å². The Bertz CT molecular complexity index is 492. The van der Waals surface area contributed by atoms with E-state index in [4.69, 9.17) is 5.11 Å². The zero-order valence-electron chi connectivity index (χ0n) is 19.1. The summed E-state index contributed by atoms with van der Waals surface area (Å²) >= 11 is 0. The van der Waals surface area contributed by atoms with E-state index in [9.17, 15) is 30.0 Å². The molecule has 7 nitrogen and oxygen atoms in total. The van der Waals surface area contributed by atoms with E-state index in [2.05, 4.69) is 19.1 Å². The average Bonchev–Trinajstić information content (AvgIpc) is 2.78. The average molecular weight is 445 g/mol. The van der Waals surface area contributed by atoms with Crippen LogP contribution in [0.4, 0.5) is 0 Å². The molecular weight excluding hydrogens is 400 g/mol. The summed E-state index contributed by atoms with van der Waals surface area (Å²) in [7, 11) is 0. The number of hydrogen-bond donors (Lipinski definition) is 5. The van der Waals surface area contributed by atoms with Gasteiger partial charge in [-0.1, -0.05) is 70.4 Å². The van der Waals surface area contributed by atoms with Crippen LogP contribution >= 0.6 is 0 Å². The number of Topliss-reactive ketones (excluding diaryl/α,β-unsaturated/α-hetero) is 2. The smallest absolute Gasteiger partial charge is 0.229 e. The lowest BCUT2D eigenvalue weighted by Gasteiger charge is -2.24. The molecule has 0 radical (unpaired) electrons. The van der Waals surface area contributed by atoms with Gasteiger partial charge in [-0.3, -0.25) is 9.59 Å². The molecule has 0 aromatic carbocycles. The van der Waals surface area contributed by atoms with Gasteiger partial charge in [0.05, 0.1) is 6.61 Å². The van der Waals surface area contributed by atoms with Crippen molar-refractivity contribution in [3.05, 3.63) is 12.2 Å². The molecule has 0 unspecified atom stereocenters. The maximum atomic E-state index is 11.9. The molecule has 5 N–H and O–H groups in total. The standard InChI is InChI=1S/C24H44O7/c1-2-3-4-5-6-7-8-9-10-11-12-13-14-15-16-17-19(26)21(28)23(30)24(31)22(29)20(27)18-25/h9-10,20,22-25,27,29-31H,2-8,11-18H2,1H3/b10-9-/t20-,22+,23+,24+/m1/s1. The summed E-state index contributed by atoms with van der Waals surface area (Å²) in [5, 5.41) is 46.9. The molecule has 182 valence electrons. The fourth-order valence-electron chi connectivity index (χ4n) is 3.32. The highest BCUT2D eigenvalue weighted by Gasteiger charge is 2.36. The number of aliphatic hydroxyl groups is 5. The first-order valence-electron chi connectivity index (χ1n) is 11.9. The summed E-state index contributed by atoms with van der Waals surface area (Å²) in [6, 6.07) is 0. The molecule has 0 saturated carbocycles. The third kappa shape index (κ3) is 14.5. The minimum Gasteiger partial charge on any atom is -0.394 e. The van der Waals surface area contributed by atoms with Crippen molar-refractivity contribution < 1.29 is 35.1 Å². The van der Waals surface area contributed by atoms with E-state index >= 15 is 0 Å². The molecular formula is C24H44O7. The van der Waals surface area contributed by atoms with Gasteiger partial charge < -0.3 is 25.5 Å². The Balaban J connectivity index is 3.74. The van der Waals surface area contributed by atoms with Crippen molar-refractivity contribution >= 4 is 11.6 Å². The van der Waals surface area contributed by atoms with E-state index in [-0.39, 0.29) is 6.42 Å². The maximum Gasteiger partial charge on any atom is 0.229 e. The predicted molar refractivity (Wildman–Crippen MR) is 121 cm³/mol. The zero-order valence-corrected chi connectivity index (χ0v) is 19.1. The first-order valence-corrected chi connectivity index (χ1v) is 11.9. The Morgan fingerprint density at radius 2 is 1.19 bits per heavy atom. The third-order valence-corrected chi connectivity index (χ3v) is 5.46. The van der Waals surface area contributed by atoms with E-state index in [0.29, 0.717) is 6.42 Å². The molecule has 0 aliphatic rings. The second-order valence-electron chi connectivity index (χ2n) is 8.30. The van der Waals surface area contributed by atoms with Gasteiger partial charge in [-0.15, -0.1) is 0 Å². The number of allylic oxidation sites excluding steroid dienone is 2. The molecule has 0 fully saturated rings. The van der Waals surface area contributed by atoms with Gasteiger partial charge in [0, 0.05) is 6.42 Å².